The molecule has 0 bridgehead atoms. The highest BCUT2D eigenvalue weighted by molar-refractivity contribution is 5.83. The fraction of sp³-hybridized carbons (Fsp3) is 0.389. The number of rotatable bonds is 8. The van der Waals surface area contributed by atoms with Crippen molar-refractivity contribution < 1.29 is 23.8 Å². The molecule has 0 aliphatic rings. The van der Waals surface area contributed by atoms with Crippen molar-refractivity contribution in [2.24, 2.45) is 0 Å². The van der Waals surface area contributed by atoms with Crippen molar-refractivity contribution in [1.29, 1.82) is 0 Å². The van der Waals surface area contributed by atoms with E-state index in [2.05, 4.69) is 5.32 Å². The Balaban J connectivity index is 2.12. The van der Waals surface area contributed by atoms with Gasteiger partial charge in [-0.15, -0.1) is 0 Å². The van der Waals surface area contributed by atoms with E-state index in [1.54, 1.807) is 25.1 Å². The molecule has 0 aliphatic heterocycles. The highest BCUT2D eigenvalue weighted by Crippen LogP contribution is 2.24. The number of amides is 1. The van der Waals surface area contributed by atoms with Crippen LogP contribution < -0.4 is 15.7 Å². The van der Waals surface area contributed by atoms with Crippen molar-refractivity contribution in [3.63, 3.8) is 0 Å². The number of carboxylic acids is 1. The molecule has 0 aliphatic carbocycles. The fourth-order valence-electron chi connectivity index (χ4n) is 2.45. The van der Waals surface area contributed by atoms with Gasteiger partial charge in [0.15, 0.2) is 6.10 Å². The third-order valence-corrected chi connectivity index (χ3v) is 3.64. The number of carbonyl (C=O) groups excluding carboxylic acids is 1. The Kier molecular flexibility index (Phi) is 6.16. The Morgan fingerprint density at radius 3 is 2.76 bits per heavy atom. The minimum atomic E-state index is -0.985. The zero-order chi connectivity index (χ0) is 18.4. The number of fused-ring (bicyclic) bond motifs is 1. The summed E-state index contributed by atoms with van der Waals surface area (Å²) >= 11 is 0. The normalized spacial score (nSPS) is 11.9. The number of carboxylic acid groups (broad SMARTS) is 1. The first-order chi connectivity index (χ1) is 11.9. The number of hydrogen-bond donors (Lipinski definition) is 2. The Morgan fingerprint density at radius 2 is 2.08 bits per heavy atom. The van der Waals surface area contributed by atoms with E-state index in [0.717, 1.165) is 23.8 Å². The summed E-state index contributed by atoms with van der Waals surface area (Å²) < 4.78 is 10.8. The molecule has 1 aromatic carbocycles. The largest absolute Gasteiger partial charge is 0.481 e. The molecule has 7 heteroatoms. The van der Waals surface area contributed by atoms with Crippen LogP contribution in [0.2, 0.25) is 0 Å². The van der Waals surface area contributed by atoms with Crippen molar-refractivity contribution >= 4 is 22.8 Å². The van der Waals surface area contributed by atoms with E-state index in [0.29, 0.717) is 11.3 Å². The molecule has 134 valence electrons. The highest BCUT2D eigenvalue weighted by Gasteiger charge is 2.15. The van der Waals surface area contributed by atoms with Gasteiger partial charge < -0.3 is 19.6 Å². The van der Waals surface area contributed by atoms with Crippen LogP contribution in [0.15, 0.2) is 33.5 Å². The van der Waals surface area contributed by atoms with Crippen molar-refractivity contribution in [1.82, 2.24) is 5.32 Å². The number of nitrogens with one attached hydrogen (secondary N) is 1. The molecule has 2 aromatic rings. The predicted octanol–water partition coefficient (Wildman–Crippen LogP) is 2.10. The molecule has 1 amide bonds. The monoisotopic (exact) mass is 347 g/mol. The number of aliphatic carboxylic acids is 1. The van der Waals surface area contributed by atoms with Gasteiger partial charge in [0.25, 0.3) is 5.91 Å². The lowest BCUT2D eigenvalue weighted by atomic mass is 10.1. The van der Waals surface area contributed by atoms with Gasteiger partial charge in [0.1, 0.15) is 11.3 Å². The molecule has 1 heterocycles. The van der Waals surface area contributed by atoms with E-state index in [4.69, 9.17) is 14.3 Å². The molecule has 0 spiro atoms. The third-order valence-electron chi connectivity index (χ3n) is 3.64. The molecule has 7 nitrogen and oxygen atoms in total. The molecule has 1 atom stereocenters. The summed E-state index contributed by atoms with van der Waals surface area (Å²) in [5.41, 5.74) is 0.902. The molecule has 2 N–H and O–H groups in total. The molecule has 2 rings (SSSR count). The summed E-state index contributed by atoms with van der Waals surface area (Å²) in [6, 6.07) is 6.58. The maximum absolute atomic E-state index is 11.9. The SMILES string of the molecule is CCCc1cc(=O)oc2cc(OC(C)C(=O)NCCC(=O)O)ccc12. The fourth-order valence-corrected chi connectivity index (χ4v) is 2.45. The number of ether oxygens (including phenoxy) is 1. The topological polar surface area (TPSA) is 106 Å². The number of carbonyl (C=O) groups is 2. The zero-order valence-electron chi connectivity index (χ0n) is 14.2. The maximum atomic E-state index is 11.9. The number of hydrogen-bond acceptors (Lipinski definition) is 5. The summed E-state index contributed by atoms with van der Waals surface area (Å²) in [6.45, 7) is 3.63. The summed E-state index contributed by atoms with van der Waals surface area (Å²) in [6.07, 6.45) is 0.714. The van der Waals surface area contributed by atoms with Gasteiger partial charge in [0.2, 0.25) is 0 Å². The molecular formula is C18H21NO6. The van der Waals surface area contributed by atoms with Crippen LogP contribution in [0.4, 0.5) is 0 Å². The van der Waals surface area contributed by atoms with Gasteiger partial charge in [0, 0.05) is 24.1 Å². The van der Waals surface area contributed by atoms with Gasteiger partial charge in [-0.3, -0.25) is 9.59 Å². The average molecular weight is 347 g/mol. The van der Waals surface area contributed by atoms with E-state index in [1.165, 1.54) is 6.07 Å². The average Bonchev–Trinajstić information content (AvgIpc) is 2.54. The first-order valence-corrected chi connectivity index (χ1v) is 8.13. The Bertz CT molecular complexity index is 826. The maximum Gasteiger partial charge on any atom is 0.336 e. The van der Waals surface area contributed by atoms with Crippen LogP contribution >= 0.6 is 0 Å². The number of benzene rings is 1. The quantitative estimate of drug-likeness (QED) is 0.709. The zero-order valence-corrected chi connectivity index (χ0v) is 14.2. The Morgan fingerprint density at radius 1 is 1.32 bits per heavy atom. The van der Waals surface area contributed by atoms with Crippen LogP contribution in [0.1, 0.15) is 32.3 Å². The lowest BCUT2D eigenvalue weighted by molar-refractivity contribution is -0.137. The summed E-state index contributed by atoms with van der Waals surface area (Å²) in [7, 11) is 0. The van der Waals surface area contributed by atoms with Crippen LogP contribution in [0.25, 0.3) is 11.0 Å². The first-order valence-electron chi connectivity index (χ1n) is 8.13. The van der Waals surface area contributed by atoms with Crippen LogP contribution in [0, 0.1) is 0 Å². The van der Waals surface area contributed by atoms with E-state index in [1.807, 2.05) is 6.92 Å². The molecule has 0 saturated carbocycles. The summed E-state index contributed by atoms with van der Waals surface area (Å²) in [5, 5.41) is 11.9. The first kappa shape index (κ1) is 18.5. The van der Waals surface area contributed by atoms with Crippen LogP contribution in [0.5, 0.6) is 5.75 Å². The van der Waals surface area contributed by atoms with Crippen molar-refractivity contribution in [2.75, 3.05) is 6.54 Å². The standard InChI is InChI=1S/C18H21NO6/c1-3-4-12-9-17(22)25-15-10-13(5-6-14(12)15)24-11(2)18(23)19-8-7-16(20)21/h5-6,9-11H,3-4,7-8H2,1-2H3,(H,19,23)(H,20,21). The second-order valence-corrected chi connectivity index (χ2v) is 5.69. The minimum absolute atomic E-state index is 0.0365. The van der Waals surface area contributed by atoms with Gasteiger partial charge in [0.05, 0.1) is 6.42 Å². The van der Waals surface area contributed by atoms with Gasteiger partial charge >= 0.3 is 11.6 Å². The number of aryl methyl sites for hydroxylation is 1. The van der Waals surface area contributed by atoms with Gasteiger partial charge in [-0.1, -0.05) is 13.3 Å². The van der Waals surface area contributed by atoms with Crippen molar-refractivity contribution in [2.45, 2.75) is 39.2 Å². The van der Waals surface area contributed by atoms with Gasteiger partial charge in [-0.25, -0.2) is 4.79 Å². The highest BCUT2D eigenvalue weighted by atomic mass is 16.5. The van der Waals surface area contributed by atoms with E-state index >= 15 is 0 Å². The van der Waals surface area contributed by atoms with Gasteiger partial charge in [-0.05, 0) is 31.0 Å². The summed E-state index contributed by atoms with van der Waals surface area (Å²) in [4.78, 5) is 34.0. The van der Waals surface area contributed by atoms with E-state index in [9.17, 15) is 14.4 Å². The molecule has 0 radical (unpaired) electrons. The van der Waals surface area contributed by atoms with E-state index in [-0.39, 0.29) is 13.0 Å². The second kappa shape index (κ2) is 8.32. The van der Waals surface area contributed by atoms with Crippen molar-refractivity contribution in [3.8, 4) is 5.75 Å². The van der Waals surface area contributed by atoms with Gasteiger partial charge in [-0.2, -0.15) is 0 Å². The molecular weight excluding hydrogens is 326 g/mol. The molecule has 0 fully saturated rings. The van der Waals surface area contributed by atoms with Crippen LogP contribution in [0.3, 0.4) is 0 Å². The van der Waals surface area contributed by atoms with E-state index < -0.39 is 23.6 Å². The molecule has 0 saturated heterocycles. The predicted molar refractivity (Wildman–Crippen MR) is 91.8 cm³/mol. The second-order valence-electron chi connectivity index (χ2n) is 5.69. The minimum Gasteiger partial charge on any atom is -0.481 e. The lowest BCUT2D eigenvalue weighted by Gasteiger charge is -2.15. The molecule has 25 heavy (non-hydrogen) atoms. The Hall–Kier alpha value is -2.83. The third kappa shape index (κ3) is 5.07. The smallest absolute Gasteiger partial charge is 0.336 e. The summed E-state index contributed by atoms with van der Waals surface area (Å²) in [5.74, 6) is -1.01. The van der Waals surface area contributed by atoms with Crippen LogP contribution in [-0.4, -0.2) is 29.6 Å². The molecule has 1 aromatic heterocycles. The van der Waals surface area contributed by atoms with Crippen molar-refractivity contribution in [3.05, 3.63) is 40.2 Å². The Labute approximate surface area is 144 Å². The molecule has 1 unspecified atom stereocenters. The van der Waals surface area contributed by atoms with Crippen LogP contribution in [-0.2, 0) is 16.0 Å². The lowest BCUT2D eigenvalue weighted by Crippen LogP contribution is -2.37.